The Morgan fingerprint density at radius 1 is 1.07 bits per heavy atom. The van der Waals surface area contributed by atoms with Crippen LogP contribution in [0, 0.1) is 18.8 Å². The number of aliphatic imine (C=N–C) groups is 1. The number of rotatable bonds is 8. The maximum absolute atomic E-state index is 5.63. The van der Waals surface area contributed by atoms with E-state index in [0.29, 0.717) is 11.8 Å². The molecule has 2 fully saturated rings. The van der Waals surface area contributed by atoms with E-state index in [9.17, 15) is 0 Å². The highest BCUT2D eigenvalue weighted by Gasteiger charge is 2.25. The van der Waals surface area contributed by atoms with Gasteiger partial charge in [-0.3, -0.25) is 9.89 Å². The molecule has 0 aliphatic carbocycles. The molecule has 30 heavy (non-hydrogen) atoms. The SMILES string of the molecule is CCNC(=NCC1CCN(Cc2ccc(C)cc2)CC1)N1CCC(COCC)C1.I. The van der Waals surface area contributed by atoms with Gasteiger partial charge in [0.2, 0.25) is 0 Å². The van der Waals surface area contributed by atoms with Gasteiger partial charge in [0.1, 0.15) is 0 Å². The fourth-order valence-corrected chi connectivity index (χ4v) is 4.37. The van der Waals surface area contributed by atoms with Gasteiger partial charge in [0.05, 0.1) is 6.61 Å². The number of hydrogen-bond acceptors (Lipinski definition) is 3. The van der Waals surface area contributed by atoms with Crippen LogP contribution in [0.2, 0.25) is 0 Å². The number of ether oxygens (including phenoxy) is 1. The van der Waals surface area contributed by atoms with Crippen molar-refractivity contribution in [2.45, 2.75) is 46.6 Å². The summed E-state index contributed by atoms with van der Waals surface area (Å²) in [5, 5.41) is 3.51. The van der Waals surface area contributed by atoms with E-state index in [-0.39, 0.29) is 24.0 Å². The Hall–Kier alpha value is -0.860. The minimum atomic E-state index is 0. The molecule has 0 bridgehead atoms. The summed E-state index contributed by atoms with van der Waals surface area (Å²) in [5.41, 5.74) is 2.76. The second-order valence-electron chi connectivity index (χ2n) is 8.66. The number of hydrogen-bond donors (Lipinski definition) is 1. The number of nitrogens with one attached hydrogen (secondary N) is 1. The molecule has 170 valence electrons. The van der Waals surface area contributed by atoms with Crippen molar-refractivity contribution < 1.29 is 4.74 Å². The molecule has 1 atom stereocenters. The normalized spacial score (nSPS) is 21.0. The number of aryl methyl sites for hydroxylation is 1. The van der Waals surface area contributed by atoms with Crippen LogP contribution in [0.25, 0.3) is 0 Å². The molecule has 1 N–H and O–H groups in total. The van der Waals surface area contributed by atoms with Crippen molar-refractivity contribution in [2.24, 2.45) is 16.8 Å². The van der Waals surface area contributed by atoms with Gasteiger partial charge in [-0.05, 0) is 64.6 Å². The van der Waals surface area contributed by atoms with Crippen molar-refractivity contribution in [3.8, 4) is 0 Å². The quantitative estimate of drug-likeness (QED) is 0.313. The third-order valence-corrected chi connectivity index (χ3v) is 6.21. The zero-order valence-electron chi connectivity index (χ0n) is 19.1. The first kappa shape index (κ1) is 25.4. The summed E-state index contributed by atoms with van der Waals surface area (Å²) < 4.78 is 5.63. The first-order chi connectivity index (χ1) is 14.2. The molecule has 0 radical (unpaired) electrons. The van der Waals surface area contributed by atoms with Crippen LogP contribution in [-0.4, -0.2) is 68.2 Å². The number of halogens is 1. The number of likely N-dealkylation sites (tertiary alicyclic amines) is 2. The average Bonchev–Trinajstić information content (AvgIpc) is 3.21. The maximum Gasteiger partial charge on any atom is 0.193 e. The van der Waals surface area contributed by atoms with Crippen LogP contribution in [0.3, 0.4) is 0 Å². The topological polar surface area (TPSA) is 40.1 Å². The van der Waals surface area contributed by atoms with Crippen molar-refractivity contribution in [2.75, 3.05) is 52.5 Å². The maximum atomic E-state index is 5.63. The third kappa shape index (κ3) is 8.00. The van der Waals surface area contributed by atoms with Gasteiger partial charge in [-0.1, -0.05) is 29.8 Å². The Morgan fingerprint density at radius 3 is 2.43 bits per heavy atom. The highest BCUT2D eigenvalue weighted by Crippen LogP contribution is 2.21. The van der Waals surface area contributed by atoms with Gasteiger partial charge in [0.25, 0.3) is 0 Å². The summed E-state index contributed by atoms with van der Waals surface area (Å²) in [5.74, 6) is 2.46. The zero-order chi connectivity index (χ0) is 20.5. The minimum absolute atomic E-state index is 0. The second kappa shape index (κ2) is 13.5. The monoisotopic (exact) mass is 528 g/mol. The predicted molar refractivity (Wildman–Crippen MR) is 137 cm³/mol. The van der Waals surface area contributed by atoms with Crippen LogP contribution in [0.5, 0.6) is 0 Å². The Bertz CT molecular complexity index is 629. The fraction of sp³-hybridized carbons (Fsp3) is 0.708. The van der Waals surface area contributed by atoms with Gasteiger partial charge in [-0.2, -0.15) is 0 Å². The molecule has 2 aliphatic rings. The van der Waals surface area contributed by atoms with E-state index < -0.39 is 0 Å². The van der Waals surface area contributed by atoms with Crippen LogP contribution in [0.1, 0.15) is 44.2 Å². The molecule has 5 nitrogen and oxygen atoms in total. The summed E-state index contributed by atoms with van der Waals surface area (Å²) in [6.07, 6.45) is 3.71. The van der Waals surface area contributed by atoms with Gasteiger partial charge in [-0.25, -0.2) is 0 Å². The van der Waals surface area contributed by atoms with Gasteiger partial charge < -0.3 is 15.0 Å². The lowest BCUT2D eigenvalue weighted by Gasteiger charge is -2.31. The lowest BCUT2D eigenvalue weighted by atomic mass is 9.96. The molecule has 1 aromatic rings. The summed E-state index contributed by atoms with van der Waals surface area (Å²) in [4.78, 5) is 10.0. The average molecular weight is 529 g/mol. The van der Waals surface area contributed by atoms with E-state index >= 15 is 0 Å². The number of guanidine groups is 1. The molecular weight excluding hydrogens is 487 g/mol. The third-order valence-electron chi connectivity index (χ3n) is 6.21. The van der Waals surface area contributed by atoms with Crippen molar-refractivity contribution >= 4 is 29.9 Å². The standard InChI is InChI=1S/C24H40N4O.HI/c1-4-25-24(28-15-12-23(18-28)19-29-5-2)26-16-21-10-13-27(14-11-21)17-22-8-6-20(3)7-9-22;/h6-9,21,23H,4-5,10-19H2,1-3H3,(H,25,26);1H. The molecule has 0 saturated carbocycles. The molecule has 1 unspecified atom stereocenters. The second-order valence-corrected chi connectivity index (χ2v) is 8.66. The molecule has 1 aromatic carbocycles. The van der Waals surface area contributed by atoms with Crippen LogP contribution in [0.15, 0.2) is 29.3 Å². The molecule has 0 amide bonds. The van der Waals surface area contributed by atoms with E-state index in [4.69, 9.17) is 9.73 Å². The largest absolute Gasteiger partial charge is 0.381 e. The van der Waals surface area contributed by atoms with Crippen LogP contribution < -0.4 is 5.32 Å². The van der Waals surface area contributed by atoms with Gasteiger partial charge in [0.15, 0.2) is 5.96 Å². The van der Waals surface area contributed by atoms with E-state index in [1.807, 2.05) is 0 Å². The van der Waals surface area contributed by atoms with Crippen molar-refractivity contribution in [1.29, 1.82) is 0 Å². The summed E-state index contributed by atoms with van der Waals surface area (Å²) in [7, 11) is 0. The number of piperidine rings is 1. The van der Waals surface area contributed by atoms with Crippen LogP contribution in [-0.2, 0) is 11.3 Å². The molecule has 6 heteroatoms. The number of benzene rings is 1. The van der Waals surface area contributed by atoms with E-state index in [0.717, 1.165) is 51.9 Å². The van der Waals surface area contributed by atoms with E-state index in [1.54, 1.807) is 0 Å². The molecule has 0 aromatic heterocycles. The van der Waals surface area contributed by atoms with Gasteiger partial charge in [0, 0.05) is 45.2 Å². The summed E-state index contributed by atoms with van der Waals surface area (Å²) >= 11 is 0. The lowest BCUT2D eigenvalue weighted by Crippen LogP contribution is -2.41. The predicted octanol–water partition coefficient (Wildman–Crippen LogP) is 4.15. The Labute approximate surface area is 200 Å². The molecule has 3 rings (SSSR count). The molecule has 2 heterocycles. The van der Waals surface area contributed by atoms with Crippen molar-refractivity contribution in [3.05, 3.63) is 35.4 Å². The first-order valence-corrected chi connectivity index (χ1v) is 11.6. The highest BCUT2D eigenvalue weighted by molar-refractivity contribution is 14.0. The molecule has 0 spiro atoms. The van der Waals surface area contributed by atoms with Gasteiger partial charge >= 0.3 is 0 Å². The van der Waals surface area contributed by atoms with Crippen molar-refractivity contribution in [3.63, 3.8) is 0 Å². The van der Waals surface area contributed by atoms with E-state index in [1.165, 1.54) is 43.5 Å². The Kier molecular flexibility index (Phi) is 11.5. The highest BCUT2D eigenvalue weighted by atomic mass is 127. The van der Waals surface area contributed by atoms with Gasteiger partial charge in [-0.15, -0.1) is 24.0 Å². The number of nitrogens with zero attached hydrogens (tertiary/aromatic N) is 3. The smallest absolute Gasteiger partial charge is 0.193 e. The minimum Gasteiger partial charge on any atom is -0.381 e. The van der Waals surface area contributed by atoms with E-state index in [2.05, 4.69) is 60.2 Å². The van der Waals surface area contributed by atoms with Crippen LogP contribution in [0.4, 0.5) is 0 Å². The van der Waals surface area contributed by atoms with Crippen molar-refractivity contribution in [1.82, 2.24) is 15.1 Å². The fourth-order valence-electron chi connectivity index (χ4n) is 4.37. The summed E-state index contributed by atoms with van der Waals surface area (Å²) in [6.45, 7) is 15.6. The summed E-state index contributed by atoms with van der Waals surface area (Å²) in [6, 6.07) is 8.97. The Morgan fingerprint density at radius 2 is 1.77 bits per heavy atom. The zero-order valence-corrected chi connectivity index (χ0v) is 21.4. The molecular formula is C24H41IN4O. The lowest BCUT2D eigenvalue weighted by molar-refractivity contribution is 0.114. The molecule has 2 saturated heterocycles. The Balaban J connectivity index is 0.00000320. The first-order valence-electron chi connectivity index (χ1n) is 11.6. The molecule has 2 aliphatic heterocycles. The van der Waals surface area contributed by atoms with Crippen LogP contribution >= 0.6 is 24.0 Å².